The quantitative estimate of drug-likeness (QED) is 0.812. The molecular formula is C14H23N3. The molecule has 1 heterocycles. The van der Waals surface area contributed by atoms with E-state index < -0.39 is 0 Å². The Balaban J connectivity index is 2.02. The fourth-order valence-corrected chi connectivity index (χ4v) is 2.50. The van der Waals surface area contributed by atoms with Crippen LogP contribution in [0.4, 0.5) is 11.4 Å². The number of hydrogen-bond donors (Lipinski definition) is 1. The van der Waals surface area contributed by atoms with Crippen LogP contribution in [-0.4, -0.2) is 37.6 Å². The van der Waals surface area contributed by atoms with Gasteiger partial charge >= 0.3 is 0 Å². The van der Waals surface area contributed by atoms with E-state index >= 15 is 0 Å². The van der Waals surface area contributed by atoms with Crippen LogP contribution in [0.3, 0.4) is 0 Å². The van der Waals surface area contributed by atoms with Crippen molar-refractivity contribution in [1.29, 1.82) is 0 Å². The predicted molar refractivity (Wildman–Crippen MR) is 74.5 cm³/mol. The standard InChI is InChI=1S/C14H23N3/c1-3-6-16-7-9-17(10-8-16)14-11-13(15)5-4-12(14)2/h4-5,11H,3,6-10,15H2,1-2H3. The van der Waals surface area contributed by atoms with Crippen LogP contribution >= 0.6 is 0 Å². The molecule has 1 aliphatic rings. The Morgan fingerprint density at radius 3 is 2.53 bits per heavy atom. The molecule has 2 N–H and O–H groups in total. The van der Waals surface area contributed by atoms with Crippen LogP contribution in [0.25, 0.3) is 0 Å². The second-order valence-electron chi connectivity index (χ2n) is 4.87. The molecule has 1 aromatic rings. The highest BCUT2D eigenvalue weighted by atomic mass is 15.3. The number of nitrogens with two attached hydrogens (primary N) is 1. The molecule has 1 aromatic carbocycles. The molecule has 3 nitrogen and oxygen atoms in total. The zero-order valence-electron chi connectivity index (χ0n) is 10.9. The topological polar surface area (TPSA) is 32.5 Å². The number of piperazine rings is 1. The van der Waals surface area contributed by atoms with Crippen molar-refractivity contribution in [2.45, 2.75) is 20.3 Å². The van der Waals surface area contributed by atoms with Crippen LogP contribution in [-0.2, 0) is 0 Å². The molecule has 0 unspecified atom stereocenters. The summed E-state index contributed by atoms with van der Waals surface area (Å²) in [6.45, 7) is 10.2. The number of anilines is 2. The van der Waals surface area contributed by atoms with E-state index in [1.807, 2.05) is 6.07 Å². The fraction of sp³-hybridized carbons (Fsp3) is 0.571. The van der Waals surface area contributed by atoms with Crippen molar-refractivity contribution in [3.8, 4) is 0 Å². The summed E-state index contributed by atoms with van der Waals surface area (Å²) in [4.78, 5) is 5.00. The molecule has 0 radical (unpaired) electrons. The average molecular weight is 233 g/mol. The van der Waals surface area contributed by atoms with Gasteiger partial charge in [0, 0.05) is 37.6 Å². The van der Waals surface area contributed by atoms with E-state index in [1.165, 1.54) is 37.3 Å². The van der Waals surface area contributed by atoms with Gasteiger partial charge in [0.2, 0.25) is 0 Å². The summed E-state index contributed by atoms with van der Waals surface area (Å²) in [6, 6.07) is 6.19. The van der Waals surface area contributed by atoms with E-state index in [0.29, 0.717) is 0 Å². The summed E-state index contributed by atoms with van der Waals surface area (Å²) in [6.07, 6.45) is 1.25. The minimum Gasteiger partial charge on any atom is -0.399 e. The Morgan fingerprint density at radius 2 is 1.88 bits per heavy atom. The van der Waals surface area contributed by atoms with E-state index in [9.17, 15) is 0 Å². The molecule has 2 rings (SSSR count). The molecule has 0 aliphatic carbocycles. The molecule has 17 heavy (non-hydrogen) atoms. The van der Waals surface area contributed by atoms with Crippen molar-refractivity contribution in [2.75, 3.05) is 43.4 Å². The highest BCUT2D eigenvalue weighted by molar-refractivity contribution is 5.61. The van der Waals surface area contributed by atoms with Crippen LogP contribution < -0.4 is 10.6 Å². The lowest BCUT2D eigenvalue weighted by atomic mass is 10.1. The largest absolute Gasteiger partial charge is 0.399 e. The number of hydrogen-bond acceptors (Lipinski definition) is 3. The lowest BCUT2D eigenvalue weighted by molar-refractivity contribution is 0.258. The summed E-state index contributed by atoms with van der Waals surface area (Å²) < 4.78 is 0. The minimum absolute atomic E-state index is 0.863. The SMILES string of the molecule is CCCN1CCN(c2cc(N)ccc2C)CC1. The Kier molecular flexibility index (Phi) is 3.89. The van der Waals surface area contributed by atoms with Gasteiger partial charge in [-0.25, -0.2) is 0 Å². The number of benzene rings is 1. The lowest BCUT2D eigenvalue weighted by Gasteiger charge is -2.36. The summed E-state index contributed by atoms with van der Waals surface area (Å²) in [5, 5.41) is 0. The Labute approximate surface area is 104 Å². The molecule has 0 saturated carbocycles. The number of rotatable bonds is 3. The molecule has 1 saturated heterocycles. The van der Waals surface area contributed by atoms with Crippen molar-refractivity contribution < 1.29 is 0 Å². The molecule has 0 spiro atoms. The van der Waals surface area contributed by atoms with Gasteiger partial charge in [-0.15, -0.1) is 0 Å². The molecule has 1 aliphatic heterocycles. The third-order valence-corrected chi connectivity index (χ3v) is 3.49. The normalized spacial score (nSPS) is 17.4. The van der Waals surface area contributed by atoms with Gasteiger partial charge in [0.15, 0.2) is 0 Å². The molecule has 0 atom stereocenters. The fourth-order valence-electron chi connectivity index (χ4n) is 2.50. The van der Waals surface area contributed by atoms with Crippen molar-refractivity contribution in [3.63, 3.8) is 0 Å². The molecule has 0 bridgehead atoms. The maximum Gasteiger partial charge on any atom is 0.0417 e. The maximum absolute atomic E-state index is 5.87. The maximum atomic E-state index is 5.87. The van der Waals surface area contributed by atoms with Crippen LogP contribution in [0.5, 0.6) is 0 Å². The third kappa shape index (κ3) is 2.91. The molecule has 1 fully saturated rings. The summed E-state index contributed by atoms with van der Waals surface area (Å²) in [7, 11) is 0. The molecule has 3 heteroatoms. The first-order chi connectivity index (χ1) is 8.20. The third-order valence-electron chi connectivity index (χ3n) is 3.49. The Hall–Kier alpha value is -1.22. The van der Waals surface area contributed by atoms with Gasteiger partial charge in [-0.3, -0.25) is 4.90 Å². The van der Waals surface area contributed by atoms with Crippen molar-refractivity contribution in [2.24, 2.45) is 0 Å². The first-order valence-corrected chi connectivity index (χ1v) is 6.54. The summed E-state index contributed by atoms with van der Waals surface area (Å²) in [5.41, 5.74) is 9.36. The molecule has 94 valence electrons. The zero-order chi connectivity index (χ0) is 12.3. The van der Waals surface area contributed by atoms with E-state index in [1.54, 1.807) is 0 Å². The van der Waals surface area contributed by atoms with Gasteiger partial charge in [0.1, 0.15) is 0 Å². The van der Waals surface area contributed by atoms with Crippen molar-refractivity contribution in [1.82, 2.24) is 4.90 Å². The van der Waals surface area contributed by atoms with Crippen molar-refractivity contribution in [3.05, 3.63) is 23.8 Å². The van der Waals surface area contributed by atoms with Gasteiger partial charge in [0.25, 0.3) is 0 Å². The monoisotopic (exact) mass is 233 g/mol. The van der Waals surface area contributed by atoms with Crippen LogP contribution in [0, 0.1) is 6.92 Å². The number of nitrogen functional groups attached to an aromatic ring is 1. The van der Waals surface area contributed by atoms with Gasteiger partial charge in [-0.05, 0) is 37.6 Å². The first-order valence-electron chi connectivity index (χ1n) is 6.54. The van der Waals surface area contributed by atoms with Crippen LogP contribution in [0.2, 0.25) is 0 Å². The van der Waals surface area contributed by atoms with Crippen LogP contribution in [0.1, 0.15) is 18.9 Å². The second-order valence-corrected chi connectivity index (χ2v) is 4.87. The highest BCUT2D eigenvalue weighted by Crippen LogP contribution is 2.23. The average Bonchev–Trinajstić information content (AvgIpc) is 2.34. The number of nitrogens with zero attached hydrogens (tertiary/aromatic N) is 2. The second kappa shape index (κ2) is 5.41. The summed E-state index contributed by atoms with van der Waals surface area (Å²) in [5.74, 6) is 0. The smallest absolute Gasteiger partial charge is 0.0417 e. The van der Waals surface area contributed by atoms with Gasteiger partial charge < -0.3 is 10.6 Å². The highest BCUT2D eigenvalue weighted by Gasteiger charge is 2.17. The van der Waals surface area contributed by atoms with E-state index in [4.69, 9.17) is 5.73 Å². The van der Waals surface area contributed by atoms with E-state index in [2.05, 4.69) is 35.8 Å². The van der Waals surface area contributed by atoms with Gasteiger partial charge in [0.05, 0.1) is 0 Å². The van der Waals surface area contributed by atoms with Gasteiger partial charge in [-0.2, -0.15) is 0 Å². The Morgan fingerprint density at radius 1 is 1.18 bits per heavy atom. The predicted octanol–water partition coefficient (Wildman–Crippen LogP) is 2.11. The number of aryl methyl sites for hydroxylation is 1. The first kappa shape index (κ1) is 12.2. The molecule has 0 amide bonds. The van der Waals surface area contributed by atoms with Crippen LogP contribution in [0.15, 0.2) is 18.2 Å². The van der Waals surface area contributed by atoms with Gasteiger partial charge in [-0.1, -0.05) is 13.0 Å². The minimum atomic E-state index is 0.863. The zero-order valence-corrected chi connectivity index (χ0v) is 10.9. The molecular weight excluding hydrogens is 210 g/mol. The van der Waals surface area contributed by atoms with Crippen molar-refractivity contribution >= 4 is 11.4 Å². The van der Waals surface area contributed by atoms with E-state index in [-0.39, 0.29) is 0 Å². The summed E-state index contributed by atoms with van der Waals surface area (Å²) >= 11 is 0. The Bertz CT molecular complexity index is 368. The van der Waals surface area contributed by atoms with E-state index in [0.717, 1.165) is 18.8 Å². The lowest BCUT2D eigenvalue weighted by Crippen LogP contribution is -2.46. The molecule has 0 aromatic heterocycles.